The van der Waals surface area contributed by atoms with Crippen LogP contribution in [-0.2, 0) is 16.0 Å². The largest absolute Gasteiger partial charge is 0.469 e. The van der Waals surface area contributed by atoms with Crippen LogP contribution in [0, 0.1) is 0 Å². The number of hydrogen-bond acceptors (Lipinski definition) is 2. The van der Waals surface area contributed by atoms with Crippen LogP contribution in [-0.4, -0.2) is 18.1 Å². The molecule has 2 aromatic carbocycles. The molecule has 96 valence electrons. The van der Waals surface area contributed by atoms with Gasteiger partial charge in [0.25, 0.3) is 0 Å². The Balaban J connectivity index is 2.28. The number of nitrogens with one attached hydrogen (secondary N) is 1. The van der Waals surface area contributed by atoms with E-state index < -0.39 is 0 Å². The highest BCUT2D eigenvalue weighted by molar-refractivity contribution is 6.36. The quantitative estimate of drug-likeness (QED) is 0.724. The van der Waals surface area contributed by atoms with E-state index in [1.807, 2.05) is 36.4 Å². The maximum Gasteiger partial charge on any atom is 0.310 e. The second-order valence-electron chi connectivity index (χ2n) is 4.38. The lowest BCUT2D eigenvalue weighted by molar-refractivity contribution is -0.139. The number of aromatic nitrogens is 1. The molecule has 19 heavy (non-hydrogen) atoms. The van der Waals surface area contributed by atoms with Crippen LogP contribution in [0.25, 0.3) is 21.8 Å². The summed E-state index contributed by atoms with van der Waals surface area (Å²) in [4.78, 5) is 14.7. The first-order valence-electron chi connectivity index (χ1n) is 5.95. The van der Waals surface area contributed by atoms with Gasteiger partial charge in [0.2, 0.25) is 0 Å². The molecule has 4 heteroatoms. The molecule has 0 radical (unpaired) electrons. The molecule has 1 N–H and O–H groups in total. The lowest BCUT2D eigenvalue weighted by Crippen LogP contribution is -2.04. The summed E-state index contributed by atoms with van der Waals surface area (Å²) in [7, 11) is 1.39. The molecule has 0 bridgehead atoms. The first kappa shape index (κ1) is 12.1. The van der Waals surface area contributed by atoms with Crippen LogP contribution in [0.3, 0.4) is 0 Å². The van der Waals surface area contributed by atoms with Crippen molar-refractivity contribution in [3.63, 3.8) is 0 Å². The molecule has 3 rings (SSSR count). The molecule has 0 aliphatic heterocycles. The van der Waals surface area contributed by atoms with E-state index in [-0.39, 0.29) is 12.4 Å². The first-order valence-corrected chi connectivity index (χ1v) is 6.33. The number of halogens is 1. The Morgan fingerprint density at radius 2 is 1.84 bits per heavy atom. The summed E-state index contributed by atoms with van der Waals surface area (Å²) in [5.41, 5.74) is 2.75. The molecule has 0 atom stereocenters. The molecule has 0 spiro atoms. The maximum absolute atomic E-state index is 11.4. The van der Waals surface area contributed by atoms with Crippen molar-refractivity contribution in [2.45, 2.75) is 6.42 Å². The number of carbonyl (C=O) groups excluding carboxylic acids is 1. The number of fused-ring (bicyclic) bond motifs is 3. The summed E-state index contributed by atoms with van der Waals surface area (Å²) in [5, 5.41) is 2.81. The van der Waals surface area contributed by atoms with E-state index in [0.717, 1.165) is 27.4 Å². The van der Waals surface area contributed by atoms with Crippen LogP contribution < -0.4 is 0 Å². The topological polar surface area (TPSA) is 42.1 Å². The van der Waals surface area contributed by atoms with Crippen molar-refractivity contribution in [1.82, 2.24) is 4.98 Å². The second kappa shape index (κ2) is 4.59. The Bertz CT molecular complexity index is 776. The number of rotatable bonds is 2. The minimum Gasteiger partial charge on any atom is -0.469 e. The number of aromatic amines is 1. The Kier molecular flexibility index (Phi) is 2.91. The van der Waals surface area contributed by atoms with Crippen LogP contribution >= 0.6 is 11.6 Å². The summed E-state index contributed by atoms with van der Waals surface area (Å²) < 4.78 is 4.72. The van der Waals surface area contributed by atoms with Crippen LogP contribution in [0.5, 0.6) is 0 Å². The van der Waals surface area contributed by atoms with E-state index in [1.165, 1.54) is 7.11 Å². The Labute approximate surface area is 115 Å². The van der Waals surface area contributed by atoms with Gasteiger partial charge in [-0.05, 0) is 11.6 Å². The first-order chi connectivity index (χ1) is 9.20. The summed E-state index contributed by atoms with van der Waals surface area (Å²) in [5.74, 6) is -0.253. The Morgan fingerprint density at radius 3 is 2.58 bits per heavy atom. The van der Waals surface area contributed by atoms with Crippen LogP contribution in [0.4, 0.5) is 0 Å². The number of esters is 1. The number of para-hydroxylation sites is 2. The van der Waals surface area contributed by atoms with E-state index in [9.17, 15) is 4.79 Å². The smallest absolute Gasteiger partial charge is 0.310 e. The molecule has 0 saturated heterocycles. The highest BCUT2D eigenvalue weighted by atomic mass is 35.5. The molecule has 0 saturated carbocycles. The van der Waals surface area contributed by atoms with Gasteiger partial charge >= 0.3 is 5.97 Å². The zero-order valence-electron chi connectivity index (χ0n) is 10.4. The molecule has 0 amide bonds. The van der Waals surface area contributed by atoms with Crippen molar-refractivity contribution in [1.29, 1.82) is 0 Å². The van der Waals surface area contributed by atoms with Gasteiger partial charge in [-0.3, -0.25) is 4.79 Å². The van der Waals surface area contributed by atoms with Crippen LogP contribution in [0.2, 0.25) is 5.02 Å². The minimum atomic E-state index is -0.253. The lowest BCUT2D eigenvalue weighted by Gasteiger charge is -2.01. The summed E-state index contributed by atoms with van der Waals surface area (Å²) in [6.45, 7) is 0. The van der Waals surface area contributed by atoms with Crippen molar-refractivity contribution >= 4 is 39.4 Å². The molecular formula is C15H12ClNO2. The van der Waals surface area contributed by atoms with Crippen molar-refractivity contribution in [3.8, 4) is 0 Å². The molecule has 0 aliphatic rings. The fraction of sp³-hybridized carbons (Fsp3) is 0.133. The van der Waals surface area contributed by atoms with Crippen LogP contribution in [0.15, 0.2) is 36.4 Å². The highest BCUT2D eigenvalue weighted by Crippen LogP contribution is 2.31. The number of ether oxygens (including phenoxy) is 1. The molecule has 1 heterocycles. The predicted molar refractivity (Wildman–Crippen MR) is 76.5 cm³/mol. The summed E-state index contributed by atoms with van der Waals surface area (Å²) >= 11 is 6.19. The fourth-order valence-electron chi connectivity index (χ4n) is 2.35. The van der Waals surface area contributed by atoms with E-state index in [1.54, 1.807) is 0 Å². The Morgan fingerprint density at radius 1 is 1.16 bits per heavy atom. The van der Waals surface area contributed by atoms with E-state index in [0.29, 0.717) is 5.02 Å². The molecule has 0 aliphatic carbocycles. The van der Waals surface area contributed by atoms with Crippen molar-refractivity contribution in [3.05, 3.63) is 47.0 Å². The highest BCUT2D eigenvalue weighted by Gasteiger charge is 2.12. The predicted octanol–water partition coefficient (Wildman–Crippen LogP) is 3.69. The van der Waals surface area contributed by atoms with E-state index >= 15 is 0 Å². The third-order valence-corrected chi connectivity index (χ3v) is 3.58. The SMILES string of the molecule is COC(=O)Cc1cccc2c1[nH]c1c(Cl)cccc12. The molecule has 0 unspecified atom stereocenters. The van der Waals surface area contributed by atoms with Gasteiger partial charge in [0, 0.05) is 10.8 Å². The average Bonchev–Trinajstić information content (AvgIpc) is 2.80. The zero-order chi connectivity index (χ0) is 13.4. The summed E-state index contributed by atoms with van der Waals surface area (Å²) in [6, 6.07) is 11.7. The zero-order valence-corrected chi connectivity index (χ0v) is 11.1. The lowest BCUT2D eigenvalue weighted by atomic mass is 10.1. The van der Waals surface area contributed by atoms with Gasteiger partial charge < -0.3 is 9.72 Å². The molecule has 0 fully saturated rings. The van der Waals surface area contributed by atoms with Gasteiger partial charge in [-0.15, -0.1) is 0 Å². The van der Waals surface area contributed by atoms with Crippen molar-refractivity contribution in [2.24, 2.45) is 0 Å². The monoisotopic (exact) mass is 273 g/mol. The maximum atomic E-state index is 11.4. The Hall–Kier alpha value is -2.00. The standard InChI is InChI=1S/C15H12ClNO2/c1-19-13(18)8-9-4-2-5-10-11-6-3-7-12(16)15(11)17-14(9)10/h2-7,17H,8H2,1H3. The number of benzene rings is 2. The molecular weight excluding hydrogens is 262 g/mol. The molecule has 1 aromatic heterocycles. The number of carbonyl (C=O) groups is 1. The second-order valence-corrected chi connectivity index (χ2v) is 4.79. The van der Waals surface area contributed by atoms with Gasteiger partial charge in [0.15, 0.2) is 0 Å². The number of H-pyrrole nitrogens is 1. The average molecular weight is 274 g/mol. The van der Waals surface area contributed by atoms with E-state index in [2.05, 4.69) is 4.98 Å². The van der Waals surface area contributed by atoms with Crippen LogP contribution in [0.1, 0.15) is 5.56 Å². The fourth-order valence-corrected chi connectivity index (χ4v) is 2.57. The van der Waals surface area contributed by atoms with Gasteiger partial charge in [-0.2, -0.15) is 0 Å². The molecule has 3 aromatic rings. The number of hydrogen-bond donors (Lipinski definition) is 1. The van der Waals surface area contributed by atoms with Gasteiger partial charge in [0.05, 0.1) is 29.6 Å². The third-order valence-electron chi connectivity index (χ3n) is 3.27. The van der Waals surface area contributed by atoms with E-state index in [4.69, 9.17) is 16.3 Å². The summed E-state index contributed by atoms with van der Waals surface area (Å²) in [6.07, 6.45) is 0.248. The van der Waals surface area contributed by atoms with Crippen molar-refractivity contribution in [2.75, 3.05) is 7.11 Å². The van der Waals surface area contributed by atoms with Gasteiger partial charge in [0.1, 0.15) is 0 Å². The van der Waals surface area contributed by atoms with Crippen molar-refractivity contribution < 1.29 is 9.53 Å². The third kappa shape index (κ3) is 1.96. The number of methoxy groups -OCH3 is 1. The molecule has 3 nitrogen and oxygen atoms in total. The normalized spacial score (nSPS) is 11.1. The minimum absolute atomic E-state index is 0.248. The van der Waals surface area contributed by atoms with Gasteiger partial charge in [-0.25, -0.2) is 0 Å². The van der Waals surface area contributed by atoms with Gasteiger partial charge in [-0.1, -0.05) is 41.9 Å².